The third kappa shape index (κ3) is 6.56. The lowest BCUT2D eigenvalue weighted by atomic mass is 9.89. The Morgan fingerprint density at radius 2 is 0.567 bits per heavy atom. The summed E-state index contributed by atoms with van der Waals surface area (Å²) in [7, 11) is 0. The van der Waals surface area contributed by atoms with Crippen LogP contribution < -0.4 is 0 Å². The zero-order valence-electron chi connectivity index (χ0n) is 32.6. The molecule has 4 heterocycles. The van der Waals surface area contributed by atoms with Crippen LogP contribution in [0.25, 0.3) is 111 Å². The van der Waals surface area contributed by atoms with E-state index in [1.807, 2.05) is 48.8 Å². The summed E-state index contributed by atoms with van der Waals surface area (Å²) in [5.41, 5.74) is 14.5. The van der Waals surface area contributed by atoms with Gasteiger partial charge in [0, 0.05) is 47.0 Å². The molecule has 0 amide bonds. The minimum Gasteiger partial charge on any atom is -0.264 e. The molecule has 0 bridgehead atoms. The first-order valence-electron chi connectivity index (χ1n) is 20.2. The van der Waals surface area contributed by atoms with Crippen LogP contribution in [0.2, 0.25) is 0 Å². The van der Waals surface area contributed by atoms with Crippen LogP contribution in [-0.4, -0.2) is 19.9 Å². The van der Waals surface area contributed by atoms with Crippen LogP contribution in [0.1, 0.15) is 0 Å². The van der Waals surface area contributed by atoms with Crippen LogP contribution in [0, 0.1) is 0 Å². The Bertz CT molecular complexity index is 3200. The Kier molecular flexibility index (Phi) is 8.79. The van der Waals surface area contributed by atoms with E-state index in [9.17, 15) is 0 Å². The predicted molar refractivity (Wildman–Crippen MR) is 248 cm³/mol. The normalized spacial score (nSPS) is 11.3. The minimum absolute atomic E-state index is 0.896. The molecule has 4 aromatic heterocycles. The van der Waals surface area contributed by atoms with Crippen LogP contribution in [0.3, 0.4) is 0 Å². The minimum atomic E-state index is 0.896. The summed E-state index contributed by atoms with van der Waals surface area (Å²) in [5.74, 6) is 0. The summed E-state index contributed by atoms with van der Waals surface area (Å²) in [5, 5.41) is 7.57. The van der Waals surface area contributed by atoms with E-state index < -0.39 is 0 Å². The summed E-state index contributed by atoms with van der Waals surface area (Å²) in [6.07, 6.45) is 7.29. The van der Waals surface area contributed by atoms with E-state index in [0.717, 1.165) is 78.4 Å². The number of rotatable bonds is 7. The fourth-order valence-corrected chi connectivity index (χ4v) is 8.47. The molecule has 0 saturated carbocycles. The van der Waals surface area contributed by atoms with Gasteiger partial charge in [-0.15, -0.1) is 0 Å². The highest BCUT2D eigenvalue weighted by atomic mass is 14.7. The molecular weight excluding hydrogens is 729 g/mol. The van der Waals surface area contributed by atoms with Crippen molar-refractivity contribution in [2.75, 3.05) is 0 Å². The van der Waals surface area contributed by atoms with Crippen LogP contribution in [0.4, 0.5) is 0 Å². The highest BCUT2D eigenvalue weighted by Gasteiger charge is 2.14. The van der Waals surface area contributed by atoms with Crippen LogP contribution >= 0.6 is 0 Å². The lowest BCUT2D eigenvalue weighted by molar-refractivity contribution is 1.28. The van der Waals surface area contributed by atoms with E-state index in [1.165, 1.54) is 32.3 Å². The molecule has 0 atom stereocenters. The summed E-state index contributed by atoms with van der Waals surface area (Å²) >= 11 is 0. The molecule has 11 aromatic rings. The van der Waals surface area contributed by atoms with Gasteiger partial charge in [0.15, 0.2) is 0 Å². The molecule has 0 unspecified atom stereocenters. The summed E-state index contributed by atoms with van der Waals surface area (Å²) in [4.78, 5) is 18.8. The van der Waals surface area contributed by atoms with Crippen molar-refractivity contribution < 1.29 is 0 Å². The molecule has 0 aliphatic rings. The predicted octanol–water partition coefficient (Wildman–Crippen LogP) is 14.4. The molecule has 0 aliphatic heterocycles. The van der Waals surface area contributed by atoms with Crippen molar-refractivity contribution in [2.45, 2.75) is 0 Å². The van der Waals surface area contributed by atoms with Crippen molar-refractivity contribution in [1.29, 1.82) is 0 Å². The quantitative estimate of drug-likeness (QED) is 0.152. The van der Waals surface area contributed by atoms with E-state index >= 15 is 0 Å². The lowest BCUT2D eigenvalue weighted by Crippen LogP contribution is -1.91. The highest BCUT2D eigenvalue weighted by molar-refractivity contribution is 6.25. The Morgan fingerprint density at radius 1 is 0.217 bits per heavy atom. The molecule has 11 rings (SSSR count). The number of hydrogen-bond acceptors (Lipinski definition) is 4. The van der Waals surface area contributed by atoms with Gasteiger partial charge >= 0.3 is 0 Å². The van der Waals surface area contributed by atoms with Gasteiger partial charge in [-0.1, -0.05) is 109 Å². The smallest absolute Gasteiger partial charge is 0.0725 e. The number of hydrogen-bond donors (Lipinski definition) is 0. The molecule has 280 valence electrons. The zero-order valence-corrected chi connectivity index (χ0v) is 32.6. The number of pyridine rings is 4. The second-order valence-corrected chi connectivity index (χ2v) is 15.1. The van der Waals surface area contributed by atoms with Crippen molar-refractivity contribution in [2.24, 2.45) is 0 Å². The molecule has 7 aromatic carbocycles. The fraction of sp³-hybridized carbons (Fsp3) is 0. The Hall–Kier alpha value is -8.08. The molecule has 60 heavy (non-hydrogen) atoms. The average Bonchev–Trinajstić information content (AvgIpc) is 3.34. The van der Waals surface area contributed by atoms with Crippen LogP contribution in [0.15, 0.2) is 219 Å². The maximum Gasteiger partial charge on any atom is 0.0725 e. The van der Waals surface area contributed by atoms with Gasteiger partial charge in [0.05, 0.1) is 22.8 Å². The molecule has 4 heteroatoms. The SMILES string of the molecule is c1cncc(-c2cccc(-c3cccc(-c4cc(-c5cccc(-c6cccc(-c7cccnc7)n6)c5)cc(-c5ccc6c7ccccc7c7ccccc7c6c5)c4)c3)n2)c1. The van der Waals surface area contributed by atoms with Gasteiger partial charge in [-0.05, 0) is 151 Å². The van der Waals surface area contributed by atoms with Crippen molar-refractivity contribution in [3.63, 3.8) is 0 Å². The second-order valence-electron chi connectivity index (χ2n) is 15.1. The molecule has 4 nitrogen and oxygen atoms in total. The molecule has 0 saturated heterocycles. The van der Waals surface area contributed by atoms with Gasteiger partial charge < -0.3 is 0 Å². The van der Waals surface area contributed by atoms with E-state index in [0.29, 0.717) is 0 Å². The van der Waals surface area contributed by atoms with Gasteiger partial charge in [-0.25, -0.2) is 9.97 Å². The molecule has 0 N–H and O–H groups in total. The van der Waals surface area contributed by atoms with Gasteiger partial charge in [0.25, 0.3) is 0 Å². The molecule has 0 aliphatic carbocycles. The Labute approximate surface area is 348 Å². The summed E-state index contributed by atoms with van der Waals surface area (Å²) in [6, 6.07) is 69.2. The first-order valence-corrected chi connectivity index (χ1v) is 20.2. The van der Waals surface area contributed by atoms with Crippen LogP contribution in [-0.2, 0) is 0 Å². The Balaban J connectivity index is 1.07. The van der Waals surface area contributed by atoms with E-state index in [-0.39, 0.29) is 0 Å². The van der Waals surface area contributed by atoms with Gasteiger partial charge in [-0.2, -0.15) is 0 Å². The van der Waals surface area contributed by atoms with E-state index in [2.05, 4.69) is 168 Å². The monoisotopic (exact) mass is 764 g/mol. The largest absolute Gasteiger partial charge is 0.264 e. The number of benzene rings is 7. The highest BCUT2D eigenvalue weighted by Crippen LogP contribution is 2.40. The number of fused-ring (bicyclic) bond motifs is 6. The Morgan fingerprint density at radius 3 is 1.02 bits per heavy atom. The zero-order chi connectivity index (χ0) is 39.8. The van der Waals surface area contributed by atoms with Crippen LogP contribution in [0.5, 0.6) is 0 Å². The standard InChI is InChI=1S/C56H36N4/c1-2-19-49-47(17-1)48-18-3-4-20-50(48)52-34-39(25-26-51(49)52)46-32-44(37-11-5-13-40(29-37)53-21-7-23-55(59-53)42-15-9-27-57-35-42)31-45(33-46)38-12-6-14-41(30-38)54-22-8-24-56(60-54)43-16-10-28-58-36-43/h1-36H. The van der Waals surface area contributed by atoms with Crippen molar-refractivity contribution in [3.8, 4) is 78.4 Å². The fourth-order valence-electron chi connectivity index (χ4n) is 8.47. The molecule has 0 fully saturated rings. The number of nitrogens with zero attached hydrogens (tertiary/aromatic N) is 4. The van der Waals surface area contributed by atoms with Crippen molar-refractivity contribution in [1.82, 2.24) is 19.9 Å². The topological polar surface area (TPSA) is 51.6 Å². The van der Waals surface area contributed by atoms with E-state index in [1.54, 1.807) is 12.4 Å². The number of aromatic nitrogens is 4. The average molecular weight is 765 g/mol. The first kappa shape index (κ1) is 35.1. The lowest BCUT2D eigenvalue weighted by Gasteiger charge is -2.15. The summed E-state index contributed by atoms with van der Waals surface area (Å²) < 4.78 is 0. The molecular formula is C56H36N4. The van der Waals surface area contributed by atoms with Gasteiger partial charge in [-0.3, -0.25) is 9.97 Å². The third-order valence-corrected chi connectivity index (χ3v) is 11.4. The summed E-state index contributed by atoms with van der Waals surface area (Å²) in [6.45, 7) is 0. The first-order chi connectivity index (χ1) is 29.7. The van der Waals surface area contributed by atoms with Crippen molar-refractivity contribution in [3.05, 3.63) is 219 Å². The maximum atomic E-state index is 5.07. The molecule has 0 spiro atoms. The van der Waals surface area contributed by atoms with Gasteiger partial charge in [0.2, 0.25) is 0 Å². The van der Waals surface area contributed by atoms with Gasteiger partial charge in [0.1, 0.15) is 0 Å². The van der Waals surface area contributed by atoms with Crippen molar-refractivity contribution >= 4 is 32.3 Å². The third-order valence-electron chi connectivity index (χ3n) is 11.4. The second kappa shape index (κ2) is 15.0. The maximum absolute atomic E-state index is 5.07. The molecule has 0 radical (unpaired) electrons. The van der Waals surface area contributed by atoms with E-state index in [4.69, 9.17) is 9.97 Å².